The number of amides is 3. The Morgan fingerprint density at radius 1 is 1.26 bits per heavy atom. The third-order valence-electron chi connectivity index (χ3n) is 8.58. The van der Waals surface area contributed by atoms with Crippen LogP contribution in [0.4, 0.5) is 0 Å². The highest BCUT2D eigenvalue weighted by Crippen LogP contribution is 2.59. The van der Waals surface area contributed by atoms with E-state index in [1.165, 1.54) is 4.90 Å². The van der Waals surface area contributed by atoms with Crippen molar-refractivity contribution < 1.29 is 33.8 Å². The van der Waals surface area contributed by atoms with E-state index in [2.05, 4.69) is 18.5 Å². The SMILES string of the molecule is C=CCCC(=O)NC[C@H](OC(=O)[C@@H]1[C@H]2C(=O)N(CCO)[C@H](C(=O)N(CC=C)CCCC)[C@]23CC[C@H]1O3)c1ccccc1. The molecule has 2 N–H and O–H groups in total. The van der Waals surface area contributed by atoms with Gasteiger partial charge in [-0.05, 0) is 31.2 Å². The zero-order valence-electron chi connectivity index (χ0n) is 24.4. The molecule has 10 heteroatoms. The smallest absolute Gasteiger partial charge is 0.313 e. The molecule has 0 aliphatic carbocycles. The molecule has 3 aliphatic heterocycles. The van der Waals surface area contributed by atoms with E-state index in [1.807, 2.05) is 37.3 Å². The maximum Gasteiger partial charge on any atom is 0.313 e. The number of likely N-dealkylation sites (tertiary alicyclic amines) is 1. The van der Waals surface area contributed by atoms with Gasteiger partial charge in [0.1, 0.15) is 17.7 Å². The van der Waals surface area contributed by atoms with Crippen molar-refractivity contribution in [3.8, 4) is 0 Å². The Bertz CT molecular complexity index is 1160. The molecule has 3 amide bonds. The molecule has 0 unspecified atom stereocenters. The largest absolute Gasteiger partial charge is 0.455 e. The number of aliphatic hydroxyl groups excluding tert-OH is 1. The fraction of sp³-hybridized carbons (Fsp3) is 0.562. The van der Waals surface area contributed by atoms with Crippen LogP contribution in [-0.2, 0) is 28.7 Å². The lowest BCUT2D eigenvalue weighted by molar-refractivity contribution is -0.160. The number of allylic oxidation sites excluding steroid dienone is 1. The predicted octanol–water partition coefficient (Wildman–Crippen LogP) is 2.53. The highest BCUT2D eigenvalue weighted by atomic mass is 16.6. The van der Waals surface area contributed by atoms with E-state index < -0.39 is 41.7 Å². The number of fused-ring (bicyclic) bond motifs is 1. The molecule has 0 saturated carbocycles. The standard InChI is InChI=1S/C32H43N3O7/c1-4-7-14-25(37)33-21-24(22-12-10-9-11-13-22)41-31(40)26-23-15-16-32(42-23)27(26)29(38)35(19-20-36)28(32)30(39)34(17-6-3)18-8-5-2/h4,6,9-13,23-24,26-28,36H,1,3,5,7-8,14-21H2,2H3,(H,33,37)/t23-,24+,26+,27+,28-,32+/m1/s1. The predicted molar refractivity (Wildman–Crippen MR) is 156 cm³/mol. The van der Waals surface area contributed by atoms with Crippen LogP contribution in [0, 0.1) is 11.8 Å². The van der Waals surface area contributed by atoms with Crippen molar-refractivity contribution in [3.63, 3.8) is 0 Å². The Morgan fingerprint density at radius 3 is 2.69 bits per heavy atom. The molecule has 1 aromatic carbocycles. The summed E-state index contributed by atoms with van der Waals surface area (Å²) in [6.45, 7) is 10.0. The number of esters is 1. The Balaban J connectivity index is 1.60. The van der Waals surface area contributed by atoms with E-state index in [0.717, 1.165) is 12.8 Å². The van der Waals surface area contributed by atoms with Gasteiger partial charge in [0, 0.05) is 26.1 Å². The van der Waals surface area contributed by atoms with E-state index in [1.54, 1.807) is 17.1 Å². The van der Waals surface area contributed by atoms with Gasteiger partial charge in [0.15, 0.2) is 0 Å². The number of aliphatic hydroxyl groups is 1. The highest BCUT2D eigenvalue weighted by molar-refractivity contribution is 5.98. The minimum Gasteiger partial charge on any atom is -0.455 e. The topological polar surface area (TPSA) is 125 Å². The van der Waals surface area contributed by atoms with Gasteiger partial charge in [0.2, 0.25) is 17.7 Å². The van der Waals surface area contributed by atoms with Crippen molar-refractivity contribution in [3.05, 3.63) is 61.2 Å². The molecule has 228 valence electrons. The minimum atomic E-state index is -1.18. The molecule has 2 bridgehead atoms. The van der Waals surface area contributed by atoms with Gasteiger partial charge in [-0.3, -0.25) is 19.2 Å². The summed E-state index contributed by atoms with van der Waals surface area (Å²) in [5, 5.41) is 12.7. The summed E-state index contributed by atoms with van der Waals surface area (Å²) >= 11 is 0. The van der Waals surface area contributed by atoms with Crippen molar-refractivity contribution >= 4 is 23.7 Å². The second-order valence-corrected chi connectivity index (χ2v) is 11.2. The number of benzene rings is 1. The lowest BCUT2D eigenvalue weighted by atomic mass is 9.70. The molecular formula is C32H43N3O7. The van der Waals surface area contributed by atoms with E-state index in [9.17, 15) is 24.3 Å². The second kappa shape index (κ2) is 14.1. The number of rotatable bonds is 16. The van der Waals surface area contributed by atoms with Gasteiger partial charge >= 0.3 is 5.97 Å². The summed E-state index contributed by atoms with van der Waals surface area (Å²) in [5.74, 6) is -3.23. The van der Waals surface area contributed by atoms with Crippen LogP contribution in [0.1, 0.15) is 57.1 Å². The second-order valence-electron chi connectivity index (χ2n) is 11.2. The lowest BCUT2D eigenvalue weighted by Gasteiger charge is -2.36. The molecule has 1 spiro atoms. The first-order valence-corrected chi connectivity index (χ1v) is 14.9. The molecule has 10 nitrogen and oxygen atoms in total. The molecule has 3 fully saturated rings. The fourth-order valence-corrected chi connectivity index (χ4v) is 6.66. The van der Waals surface area contributed by atoms with Crippen LogP contribution in [0.15, 0.2) is 55.6 Å². The Morgan fingerprint density at radius 2 is 2.02 bits per heavy atom. The third-order valence-corrected chi connectivity index (χ3v) is 8.58. The van der Waals surface area contributed by atoms with Crippen LogP contribution >= 0.6 is 0 Å². The van der Waals surface area contributed by atoms with Gasteiger partial charge in [-0.1, -0.05) is 55.8 Å². The number of nitrogens with one attached hydrogen (secondary N) is 1. The molecule has 0 radical (unpaired) electrons. The first-order valence-electron chi connectivity index (χ1n) is 14.9. The first-order chi connectivity index (χ1) is 20.3. The molecule has 0 aromatic heterocycles. The van der Waals surface area contributed by atoms with E-state index in [4.69, 9.17) is 9.47 Å². The quantitative estimate of drug-likeness (QED) is 0.227. The van der Waals surface area contributed by atoms with Gasteiger partial charge < -0.3 is 29.7 Å². The summed E-state index contributed by atoms with van der Waals surface area (Å²) in [6.07, 6.45) is 5.41. The molecule has 42 heavy (non-hydrogen) atoms. The molecule has 1 aromatic rings. The number of carbonyl (C=O) groups is 4. The van der Waals surface area contributed by atoms with Gasteiger partial charge in [0.05, 0.1) is 31.1 Å². The number of hydrogen-bond donors (Lipinski definition) is 2. The molecule has 3 saturated heterocycles. The number of hydrogen-bond acceptors (Lipinski definition) is 7. The molecule has 3 heterocycles. The van der Waals surface area contributed by atoms with Crippen molar-refractivity contribution in [2.45, 2.75) is 69.3 Å². The van der Waals surface area contributed by atoms with Gasteiger partial charge in [-0.15, -0.1) is 13.2 Å². The zero-order valence-corrected chi connectivity index (χ0v) is 24.4. The van der Waals surface area contributed by atoms with Gasteiger partial charge in [0.25, 0.3) is 0 Å². The maximum atomic E-state index is 14.0. The zero-order chi connectivity index (χ0) is 30.3. The number of ether oxygens (including phenoxy) is 2. The molecular weight excluding hydrogens is 538 g/mol. The van der Waals surface area contributed by atoms with Crippen molar-refractivity contribution in [2.24, 2.45) is 11.8 Å². The van der Waals surface area contributed by atoms with Crippen molar-refractivity contribution in [2.75, 3.05) is 32.8 Å². The number of unbranched alkanes of at least 4 members (excludes halogenated alkanes) is 1. The Hall–Kier alpha value is -3.50. The summed E-state index contributed by atoms with van der Waals surface area (Å²) in [4.78, 5) is 57.2. The number of nitrogens with zero attached hydrogens (tertiary/aromatic N) is 2. The maximum absolute atomic E-state index is 14.0. The first kappa shape index (κ1) is 31.4. The number of carbonyl (C=O) groups excluding carboxylic acids is 4. The summed E-state index contributed by atoms with van der Waals surface area (Å²) < 4.78 is 12.5. The Labute approximate surface area is 247 Å². The van der Waals surface area contributed by atoms with Crippen LogP contribution in [0.25, 0.3) is 0 Å². The van der Waals surface area contributed by atoms with Crippen LogP contribution in [0.2, 0.25) is 0 Å². The number of β-amino-alcohol motifs (C(OH)–C–C–N with tert-alkyl or cyclic N) is 1. The van der Waals surface area contributed by atoms with Crippen molar-refractivity contribution in [1.29, 1.82) is 0 Å². The van der Waals surface area contributed by atoms with E-state index in [0.29, 0.717) is 37.9 Å². The van der Waals surface area contributed by atoms with Crippen LogP contribution in [-0.4, -0.2) is 89.1 Å². The monoisotopic (exact) mass is 581 g/mol. The summed E-state index contributed by atoms with van der Waals surface area (Å²) in [5.41, 5.74) is -0.470. The molecule has 4 rings (SSSR count). The normalized spacial score (nSPS) is 26.4. The van der Waals surface area contributed by atoms with Gasteiger partial charge in [-0.2, -0.15) is 0 Å². The average Bonchev–Trinajstić information content (AvgIpc) is 3.64. The molecule has 6 atom stereocenters. The van der Waals surface area contributed by atoms with E-state index >= 15 is 0 Å². The van der Waals surface area contributed by atoms with Crippen LogP contribution in [0.5, 0.6) is 0 Å². The van der Waals surface area contributed by atoms with Crippen LogP contribution in [0.3, 0.4) is 0 Å². The lowest BCUT2D eigenvalue weighted by Crippen LogP contribution is -2.56. The van der Waals surface area contributed by atoms with Gasteiger partial charge in [-0.25, -0.2) is 0 Å². The van der Waals surface area contributed by atoms with Crippen LogP contribution < -0.4 is 5.32 Å². The highest BCUT2D eigenvalue weighted by Gasteiger charge is 2.75. The summed E-state index contributed by atoms with van der Waals surface area (Å²) in [7, 11) is 0. The third kappa shape index (κ3) is 6.15. The fourth-order valence-electron chi connectivity index (χ4n) is 6.66. The van der Waals surface area contributed by atoms with Crippen molar-refractivity contribution in [1.82, 2.24) is 15.1 Å². The average molecular weight is 582 g/mol. The minimum absolute atomic E-state index is 0.0393. The van der Waals surface area contributed by atoms with E-state index in [-0.39, 0.29) is 43.8 Å². The summed E-state index contributed by atoms with van der Waals surface area (Å²) in [6, 6.07) is 8.17. The Kier molecular flexibility index (Phi) is 10.6. The molecule has 3 aliphatic rings.